The summed E-state index contributed by atoms with van der Waals surface area (Å²) in [5.74, 6) is 2.26. The molecule has 1 unspecified atom stereocenters. The number of aryl methyl sites for hydroxylation is 1. The van der Waals surface area contributed by atoms with Crippen molar-refractivity contribution in [2.45, 2.75) is 26.3 Å². The van der Waals surface area contributed by atoms with Gasteiger partial charge in [0.1, 0.15) is 11.6 Å². The van der Waals surface area contributed by atoms with Crippen LogP contribution in [0.25, 0.3) is 11.3 Å². The molecule has 0 radical (unpaired) electrons. The van der Waals surface area contributed by atoms with E-state index in [1.165, 1.54) is 0 Å². The number of nitrogens with zero attached hydrogens (tertiary/aromatic N) is 2. The van der Waals surface area contributed by atoms with E-state index in [-0.39, 0.29) is 5.56 Å². The van der Waals surface area contributed by atoms with E-state index in [1.54, 1.807) is 17.7 Å². The minimum absolute atomic E-state index is 0.0485. The zero-order chi connectivity index (χ0) is 14.1. The summed E-state index contributed by atoms with van der Waals surface area (Å²) in [7, 11) is 1.64. The third-order valence-electron chi connectivity index (χ3n) is 3.83. The van der Waals surface area contributed by atoms with Crippen molar-refractivity contribution >= 4 is 0 Å². The summed E-state index contributed by atoms with van der Waals surface area (Å²) in [6, 6.07) is 9.27. The van der Waals surface area contributed by atoms with Crippen LogP contribution in [0.15, 0.2) is 35.1 Å². The molecule has 2 heterocycles. The van der Waals surface area contributed by atoms with E-state index in [0.717, 1.165) is 42.2 Å². The summed E-state index contributed by atoms with van der Waals surface area (Å²) in [5.41, 5.74) is 1.75. The normalized spacial score (nSPS) is 17.6. The van der Waals surface area contributed by atoms with Gasteiger partial charge < -0.3 is 4.74 Å². The molecule has 0 spiro atoms. The van der Waals surface area contributed by atoms with Crippen molar-refractivity contribution in [3.63, 3.8) is 0 Å². The number of hydrogen-bond donors (Lipinski definition) is 0. The molecule has 0 aliphatic carbocycles. The molecule has 0 N–H and O–H groups in total. The molecular weight excluding hydrogens is 252 g/mol. The van der Waals surface area contributed by atoms with Gasteiger partial charge in [-0.25, -0.2) is 4.98 Å². The third-order valence-corrected chi connectivity index (χ3v) is 3.83. The van der Waals surface area contributed by atoms with Crippen molar-refractivity contribution in [2.75, 3.05) is 7.11 Å². The van der Waals surface area contributed by atoms with Crippen molar-refractivity contribution in [1.82, 2.24) is 9.55 Å². The highest BCUT2D eigenvalue weighted by Gasteiger charge is 2.18. The quantitative estimate of drug-likeness (QED) is 0.842. The summed E-state index contributed by atoms with van der Waals surface area (Å²) in [6.45, 7) is 2.96. The summed E-state index contributed by atoms with van der Waals surface area (Å²) >= 11 is 0. The lowest BCUT2D eigenvalue weighted by molar-refractivity contribution is 0.379. The monoisotopic (exact) mass is 270 g/mol. The molecule has 1 aromatic heterocycles. The average molecular weight is 270 g/mol. The van der Waals surface area contributed by atoms with E-state index in [2.05, 4.69) is 11.9 Å². The van der Waals surface area contributed by atoms with Crippen LogP contribution in [-0.2, 0) is 13.0 Å². The van der Waals surface area contributed by atoms with Crippen LogP contribution in [0, 0.1) is 5.92 Å². The standard InChI is InChI=1S/C16H18N2O2/c1-11-3-8-15-17-14(9-16(19)18(15)10-11)12-4-6-13(20-2)7-5-12/h4-7,9,11H,3,8,10H2,1-2H3. The molecule has 0 saturated heterocycles. The second-order valence-electron chi connectivity index (χ2n) is 5.38. The maximum absolute atomic E-state index is 12.2. The summed E-state index contributed by atoms with van der Waals surface area (Å²) < 4.78 is 6.95. The predicted octanol–water partition coefficient (Wildman–Crippen LogP) is 2.50. The number of ether oxygens (including phenoxy) is 1. The van der Waals surface area contributed by atoms with Crippen LogP contribution in [0.3, 0.4) is 0 Å². The van der Waals surface area contributed by atoms with E-state index >= 15 is 0 Å². The van der Waals surface area contributed by atoms with Gasteiger partial charge in [0, 0.05) is 24.6 Å². The first-order chi connectivity index (χ1) is 9.67. The molecule has 1 aromatic carbocycles. The highest BCUT2D eigenvalue weighted by molar-refractivity contribution is 5.59. The van der Waals surface area contributed by atoms with Crippen molar-refractivity contribution in [3.8, 4) is 17.0 Å². The Morgan fingerprint density at radius 2 is 2.05 bits per heavy atom. The van der Waals surface area contributed by atoms with E-state index in [1.807, 2.05) is 24.3 Å². The largest absolute Gasteiger partial charge is 0.497 e. The predicted molar refractivity (Wildman–Crippen MR) is 78.0 cm³/mol. The van der Waals surface area contributed by atoms with Gasteiger partial charge in [-0.15, -0.1) is 0 Å². The average Bonchev–Trinajstić information content (AvgIpc) is 2.48. The van der Waals surface area contributed by atoms with Crippen LogP contribution in [0.1, 0.15) is 19.2 Å². The van der Waals surface area contributed by atoms with Crippen LogP contribution < -0.4 is 10.3 Å². The van der Waals surface area contributed by atoms with Gasteiger partial charge >= 0.3 is 0 Å². The Balaban J connectivity index is 2.02. The maximum Gasteiger partial charge on any atom is 0.254 e. The fraction of sp³-hybridized carbons (Fsp3) is 0.375. The zero-order valence-corrected chi connectivity index (χ0v) is 11.8. The molecule has 4 heteroatoms. The first-order valence-electron chi connectivity index (χ1n) is 6.92. The van der Waals surface area contributed by atoms with E-state index < -0.39 is 0 Å². The van der Waals surface area contributed by atoms with Gasteiger partial charge in [0.25, 0.3) is 5.56 Å². The summed E-state index contributed by atoms with van der Waals surface area (Å²) in [6.07, 6.45) is 1.97. The van der Waals surface area contributed by atoms with E-state index in [4.69, 9.17) is 4.74 Å². The Hall–Kier alpha value is -2.10. The molecule has 0 saturated carbocycles. The molecule has 104 valence electrons. The minimum atomic E-state index is 0.0485. The number of methoxy groups -OCH3 is 1. The Bertz CT molecular complexity index is 674. The molecule has 2 aromatic rings. The Kier molecular flexibility index (Phi) is 3.30. The lowest BCUT2D eigenvalue weighted by atomic mass is 10.0. The minimum Gasteiger partial charge on any atom is -0.497 e. The van der Waals surface area contributed by atoms with E-state index in [9.17, 15) is 4.79 Å². The molecule has 1 atom stereocenters. The second-order valence-corrected chi connectivity index (χ2v) is 5.38. The molecule has 1 aliphatic heterocycles. The highest BCUT2D eigenvalue weighted by Crippen LogP contribution is 2.22. The smallest absolute Gasteiger partial charge is 0.254 e. The Morgan fingerprint density at radius 1 is 1.30 bits per heavy atom. The fourth-order valence-corrected chi connectivity index (χ4v) is 2.63. The number of hydrogen-bond acceptors (Lipinski definition) is 3. The second kappa shape index (κ2) is 5.12. The van der Waals surface area contributed by atoms with Crippen molar-refractivity contribution in [1.29, 1.82) is 0 Å². The number of benzene rings is 1. The van der Waals surface area contributed by atoms with Gasteiger partial charge in [0.15, 0.2) is 0 Å². The lowest BCUT2D eigenvalue weighted by Crippen LogP contribution is -2.31. The molecular formula is C16H18N2O2. The van der Waals surface area contributed by atoms with Crippen LogP contribution in [0.4, 0.5) is 0 Å². The van der Waals surface area contributed by atoms with Gasteiger partial charge in [-0.3, -0.25) is 9.36 Å². The Morgan fingerprint density at radius 3 is 2.75 bits per heavy atom. The van der Waals surface area contributed by atoms with Crippen molar-refractivity contribution < 1.29 is 4.74 Å². The van der Waals surface area contributed by atoms with Crippen LogP contribution in [0.5, 0.6) is 5.75 Å². The SMILES string of the molecule is COc1ccc(-c2cc(=O)n3c(n2)CCC(C)C3)cc1. The van der Waals surface area contributed by atoms with Crippen molar-refractivity contribution in [2.24, 2.45) is 5.92 Å². The summed E-state index contributed by atoms with van der Waals surface area (Å²) in [5, 5.41) is 0. The fourth-order valence-electron chi connectivity index (χ4n) is 2.63. The zero-order valence-electron chi connectivity index (χ0n) is 11.8. The maximum atomic E-state index is 12.2. The van der Waals surface area contributed by atoms with Gasteiger partial charge in [-0.2, -0.15) is 0 Å². The molecule has 0 fully saturated rings. The lowest BCUT2D eigenvalue weighted by Gasteiger charge is -2.22. The van der Waals surface area contributed by atoms with Gasteiger partial charge in [-0.1, -0.05) is 6.92 Å². The summed E-state index contributed by atoms with van der Waals surface area (Å²) in [4.78, 5) is 16.9. The number of fused-ring (bicyclic) bond motifs is 1. The third kappa shape index (κ3) is 2.33. The molecule has 4 nitrogen and oxygen atoms in total. The van der Waals surface area contributed by atoms with E-state index in [0.29, 0.717) is 5.92 Å². The Labute approximate surface area is 118 Å². The van der Waals surface area contributed by atoms with Crippen LogP contribution in [0.2, 0.25) is 0 Å². The molecule has 0 amide bonds. The molecule has 20 heavy (non-hydrogen) atoms. The van der Waals surface area contributed by atoms with Gasteiger partial charge in [-0.05, 0) is 36.6 Å². The highest BCUT2D eigenvalue weighted by atomic mass is 16.5. The number of aromatic nitrogens is 2. The van der Waals surface area contributed by atoms with Crippen LogP contribution >= 0.6 is 0 Å². The van der Waals surface area contributed by atoms with Gasteiger partial charge in [0.05, 0.1) is 12.8 Å². The number of rotatable bonds is 2. The first-order valence-corrected chi connectivity index (χ1v) is 6.92. The molecule has 3 rings (SSSR count). The first kappa shape index (κ1) is 12.9. The van der Waals surface area contributed by atoms with Gasteiger partial charge in [0.2, 0.25) is 0 Å². The molecule has 0 bridgehead atoms. The topological polar surface area (TPSA) is 44.1 Å². The van der Waals surface area contributed by atoms with Crippen molar-refractivity contribution in [3.05, 3.63) is 46.5 Å². The van der Waals surface area contributed by atoms with Crippen LogP contribution in [-0.4, -0.2) is 16.7 Å². The molecule has 1 aliphatic rings.